The van der Waals surface area contributed by atoms with Crippen molar-refractivity contribution < 1.29 is 14.3 Å². The van der Waals surface area contributed by atoms with Gasteiger partial charge in [-0.05, 0) is 48.4 Å². The molecular formula is C19H21N3O3. The van der Waals surface area contributed by atoms with Gasteiger partial charge in [-0.25, -0.2) is 4.98 Å². The lowest BCUT2D eigenvalue weighted by Crippen LogP contribution is -2.25. The summed E-state index contributed by atoms with van der Waals surface area (Å²) in [5.41, 5.74) is 3.40. The Bertz CT molecular complexity index is 902. The Kier molecular flexibility index (Phi) is 4.88. The molecular weight excluding hydrogens is 318 g/mol. The summed E-state index contributed by atoms with van der Waals surface area (Å²) >= 11 is 0. The molecule has 3 aromatic rings. The Balaban J connectivity index is 1.65. The number of aryl methyl sites for hydroxylation is 1. The van der Waals surface area contributed by atoms with Crippen molar-refractivity contribution in [2.45, 2.75) is 6.42 Å². The fraction of sp³-hybridized carbons (Fsp3) is 0.263. The highest BCUT2D eigenvalue weighted by Crippen LogP contribution is 2.24. The fourth-order valence-electron chi connectivity index (χ4n) is 2.77. The molecule has 0 unspecified atom stereocenters. The molecule has 6 nitrogen and oxygen atoms in total. The summed E-state index contributed by atoms with van der Waals surface area (Å²) in [4.78, 5) is 16.6. The molecule has 2 aromatic carbocycles. The lowest BCUT2D eigenvalue weighted by atomic mass is 10.1. The number of carbonyl (C=O) groups excluding carboxylic acids is 1. The third-order valence-corrected chi connectivity index (χ3v) is 4.16. The number of hydrogen-bond donors (Lipinski definition) is 1. The van der Waals surface area contributed by atoms with E-state index in [0.717, 1.165) is 28.1 Å². The molecule has 1 aromatic heterocycles. The summed E-state index contributed by atoms with van der Waals surface area (Å²) in [5, 5.41) is 2.94. The molecule has 6 heteroatoms. The Morgan fingerprint density at radius 3 is 2.76 bits per heavy atom. The molecule has 0 aliphatic rings. The first-order valence-corrected chi connectivity index (χ1v) is 8.02. The maximum absolute atomic E-state index is 12.4. The molecule has 0 radical (unpaired) electrons. The SMILES string of the molecule is COc1ccc(OC)c(CCNC(=O)c2ccc3c(c2)ncn3C)c1. The first-order chi connectivity index (χ1) is 12.1. The summed E-state index contributed by atoms with van der Waals surface area (Å²) in [6, 6.07) is 11.2. The van der Waals surface area contributed by atoms with Gasteiger partial charge in [0.15, 0.2) is 0 Å². The maximum Gasteiger partial charge on any atom is 0.251 e. The number of nitrogens with one attached hydrogen (secondary N) is 1. The van der Waals surface area contributed by atoms with Crippen LogP contribution >= 0.6 is 0 Å². The van der Waals surface area contributed by atoms with Gasteiger partial charge < -0.3 is 19.4 Å². The molecule has 0 saturated heterocycles. The molecule has 0 spiro atoms. The average Bonchev–Trinajstić information content (AvgIpc) is 3.02. The monoisotopic (exact) mass is 339 g/mol. The number of amides is 1. The molecule has 25 heavy (non-hydrogen) atoms. The quantitative estimate of drug-likeness (QED) is 0.750. The Morgan fingerprint density at radius 1 is 1.16 bits per heavy atom. The van der Waals surface area contributed by atoms with Crippen molar-refractivity contribution >= 4 is 16.9 Å². The maximum atomic E-state index is 12.4. The summed E-state index contributed by atoms with van der Waals surface area (Å²) in [7, 11) is 5.18. The van der Waals surface area contributed by atoms with Crippen molar-refractivity contribution in [2.75, 3.05) is 20.8 Å². The van der Waals surface area contributed by atoms with Crippen molar-refractivity contribution in [1.82, 2.24) is 14.9 Å². The number of nitrogens with zero attached hydrogens (tertiary/aromatic N) is 2. The van der Waals surface area contributed by atoms with Gasteiger partial charge in [0.05, 0.1) is 31.6 Å². The fourth-order valence-corrected chi connectivity index (χ4v) is 2.77. The number of benzene rings is 2. The van der Waals surface area contributed by atoms with Crippen molar-refractivity contribution in [1.29, 1.82) is 0 Å². The minimum absolute atomic E-state index is 0.116. The molecule has 0 atom stereocenters. The van der Waals surface area contributed by atoms with E-state index in [1.54, 1.807) is 26.6 Å². The van der Waals surface area contributed by atoms with Gasteiger partial charge in [0, 0.05) is 19.2 Å². The number of hydrogen-bond acceptors (Lipinski definition) is 4. The number of aromatic nitrogens is 2. The molecule has 1 heterocycles. The van der Waals surface area contributed by atoms with Crippen LogP contribution < -0.4 is 14.8 Å². The molecule has 0 bridgehead atoms. The highest BCUT2D eigenvalue weighted by molar-refractivity contribution is 5.97. The third kappa shape index (κ3) is 3.57. The lowest BCUT2D eigenvalue weighted by molar-refractivity contribution is 0.0954. The second-order valence-electron chi connectivity index (χ2n) is 5.74. The predicted molar refractivity (Wildman–Crippen MR) is 96.3 cm³/mol. The molecule has 0 aliphatic heterocycles. The zero-order valence-electron chi connectivity index (χ0n) is 14.6. The first kappa shape index (κ1) is 16.8. The lowest BCUT2D eigenvalue weighted by Gasteiger charge is -2.11. The minimum Gasteiger partial charge on any atom is -0.497 e. The molecule has 0 aliphatic carbocycles. The summed E-state index contributed by atoms with van der Waals surface area (Å²) in [5.74, 6) is 1.43. The third-order valence-electron chi connectivity index (χ3n) is 4.16. The van der Waals surface area contributed by atoms with E-state index < -0.39 is 0 Å². The second-order valence-corrected chi connectivity index (χ2v) is 5.74. The van der Waals surface area contributed by atoms with E-state index in [-0.39, 0.29) is 5.91 Å². The van der Waals surface area contributed by atoms with Crippen molar-refractivity contribution in [3.8, 4) is 11.5 Å². The molecule has 130 valence electrons. The van der Waals surface area contributed by atoms with Crippen LogP contribution in [0, 0.1) is 0 Å². The topological polar surface area (TPSA) is 65.4 Å². The van der Waals surface area contributed by atoms with Crippen molar-refractivity contribution in [3.63, 3.8) is 0 Å². The Hall–Kier alpha value is -3.02. The first-order valence-electron chi connectivity index (χ1n) is 8.02. The zero-order valence-corrected chi connectivity index (χ0v) is 14.6. The van der Waals surface area contributed by atoms with Gasteiger partial charge in [0.25, 0.3) is 5.91 Å². The number of ether oxygens (including phenoxy) is 2. The molecule has 3 rings (SSSR count). The molecule has 0 saturated carbocycles. The van der Waals surface area contributed by atoms with Gasteiger partial charge in [-0.15, -0.1) is 0 Å². The van der Waals surface area contributed by atoms with Crippen LogP contribution in [0.5, 0.6) is 11.5 Å². The van der Waals surface area contributed by atoms with Gasteiger partial charge in [-0.2, -0.15) is 0 Å². The number of methoxy groups -OCH3 is 2. The van der Waals surface area contributed by atoms with Crippen LogP contribution in [0.3, 0.4) is 0 Å². The molecule has 1 amide bonds. The largest absolute Gasteiger partial charge is 0.497 e. The van der Waals surface area contributed by atoms with Gasteiger partial charge in [0.2, 0.25) is 0 Å². The second kappa shape index (κ2) is 7.25. The van der Waals surface area contributed by atoms with Gasteiger partial charge in [-0.1, -0.05) is 0 Å². The van der Waals surface area contributed by atoms with Crippen LogP contribution in [-0.4, -0.2) is 36.2 Å². The predicted octanol–water partition coefficient (Wildman–Crippen LogP) is 2.56. The summed E-state index contributed by atoms with van der Waals surface area (Å²) in [6.45, 7) is 0.503. The zero-order chi connectivity index (χ0) is 17.8. The summed E-state index contributed by atoms with van der Waals surface area (Å²) in [6.07, 6.45) is 2.39. The molecule has 1 N–H and O–H groups in total. The van der Waals surface area contributed by atoms with E-state index in [1.165, 1.54) is 0 Å². The number of rotatable bonds is 6. The number of fused-ring (bicyclic) bond motifs is 1. The Labute approximate surface area is 146 Å². The van der Waals surface area contributed by atoms with E-state index in [9.17, 15) is 4.79 Å². The van der Waals surface area contributed by atoms with Crippen LogP contribution in [-0.2, 0) is 13.5 Å². The minimum atomic E-state index is -0.116. The van der Waals surface area contributed by atoms with Crippen LogP contribution in [0.2, 0.25) is 0 Å². The van der Waals surface area contributed by atoms with E-state index >= 15 is 0 Å². The smallest absolute Gasteiger partial charge is 0.251 e. The van der Waals surface area contributed by atoms with E-state index in [4.69, 9.17) is 9.47 Å². The number of imidazole rings is 1. The highest BCUT2D eigenvalue weighted by atomic mass is 16.5. The van der Waals surface area contributed by atoms with Crippen molar-refractivity contribution in [3.05, 3.63) is 53.9 Å². The van der Waals surface area contributed by atoms with E-state index in [0.29, 0.717) is 18.5 Å². The molecule has 0 fully saturated rings. The van der Waals surface area contributed by atoms with Gasteiger partial charge >= 0.3 is 0 Å². The standard InChI is InChI=1S/C19H21N3O3/c1-22-12-21-16-11-14(4-6-17(16)22)19(23)20-9-8-13-10-15(24-2)5-7-18(13)25-3/h4-7,10-12H,8-9H2,1-3H3,(H,20,23). The van der Waals surface area contributed by atoms with Crippen LogP contribution in [0.1, 0.15) is 15.9 Å². The van der Waals surface area contributed by atoms with Crippen LogP contribution in [0.25, 0.3) is 11.0 Å². The van der Waals surface area contributed by atoms with Gasteiger partial charge in [-0.3, -0.25) is 4.79 Å². The summed E-state index contributed by atoms with van der Waals surface area (Å²) < 4.78 is 12.5. The Morgan fingerprint density at radius 2 is 2.00 bits per heavy atom. The van der Waals surface area contributed by atoms with E-state index in [2.05, 4.69) is 10.3 Å². The van der Waals surface area contributed by atoms with Crippen LogP contribution in [0.4, 0.5) is 0 Å². The van der Waals surface area contributed by atoms with E-state index in [1.807, 2.05) is 41.9 Å². The number of carbonyl (C=O) groups is 1. The van der Waals surface area contributed by atoms with Crippen LogP contribution in [0.15, 0.2) is 42.7 Å². The van der Waals surface area contributed by atoms with Crippen molar-refractivity contribution in [2.24, 2.45) is 7.05 Å². The highest BCUT2D eigenvalue weighted by Gasteiger charge is 2.10. The van der Waals surface area contributed by atoms with Gasteiger partial charge in [0.1, 0.15) is 11.5 Å². The normalized spacial score (nSPS) is 10.7. The average molecular weight is 339 g/mol.